The van der Waals surface area contributed by atoms with Gasteiger partial charge in [-0.15, -0.1) is 0 Å². The highest BCUT2D eigenvalue weighted by Crippen LogP contribution is 2.34. The van der Waals surface area contributed by atoms with Crippen molar-refractivity contribution in [3.8, 4) is 11.3 Å². The zero-order chi connectivity index (χ0) is 18.8. The summed E-state index contributed by atoms with van der Waals surface area (Å²) < 4.78 is 0. The van der Waals surface area contributed by atoms with Crippen LogP contribution >= 0.6 is 0 Å². The molecule has 6 nitrogen and oxygen atoms in total. The molecule has 1 aromatic heterocycles. The number of aromatic nitrogens is 2. The number of hydrogen-bond acceptors (Lipinski definition) is 3. The third kappa shape index (κ3) is 3.46. The minimum absolute atomic E-state index is 0.111. The van der Waals surface area contributed by atoms with Crippen molar-refractivity contribution in [1.82, 2.24) is 15.3 Å². The van der Waals surface area contributed by atoms with E-state index in [1.165, 1.54) is 0 Å². The third-order valence-electron chi connectivity index (χ3n) is 4.77. The van der Waals surface area contributed by atoms with Crippen molar-refractivity contribution in [3.05, 3.63) is 72.2 Å². The molecular formula is C21H20N4O2. The zero-order valence-electron chi connectivity index (χ0n) is 14.9. The van der Waals surface area contributed by atoms with Crippen LogP contribution in [0.4, 0.5) is 5.69 Å². The molecule has 27 heavy (non-hydrogen) atoms. The minimum Gasteiger partial charge on any atom is -0.346 e. The van der Waals surface area contributed by atoms with Crippen molar-refractivity contribution in [3.63, 3.8) is 0 Å². The Kier molecular flexibility index (Phi) is 4.46. The molecule has 3 aromatic rings. The Bertz CT molecular complexity index is 981. The summed E-state index contributed by atoms with van der Waals surface area (Å²) in [4.78, 5) is 32.3. The van der Waals surface area contributed by atoms with Crippen LogP contribution < -0.4 is 10.6 Å². The summed E-state index contributed by atoms with van der Waals surface area (Å²) in [5, 5.41) is 5.75. The number of nitrogens with one attached hydrogen (secondary N) is 3. The van der Waals surface area contributed by atoms with E-state index in [1.54, 1.807) is 6.20 Å². The van der Waals surface area contributed by atoms with Gasteiger partial charge in [0.25, 0.3) is 0 Å². The molecule has 2 heterocycles. The number of H-pyrrole nitrogens is 1. The molecule has 2 atom stereocenters. The molecule has 2 amide bonds. The molecule has 6 heteroatoms. The number of fused-ring (bicyclic) bond motifs is 1. The molecule has 0 fully saturated rings. The fraction of sp³-hybridized carbons (Fsp3) is 0.190. The first-order valence-corrected chi connectivity index (χ1v) is 8.91. The summed E-state index contributed by atoms with van der Waals surface area (Å²) in [5.74, 6) is -0.0938. The van der Waals surface area contributed by atoms with Crippen molar-refractivity contribution >= 4 is 17.5 Å². The lowest BCUT2D eigenvalue weighted by atomic mass is 9.97. The second kappa shape index (κ2) is 7.07. The normalized spacial score (nSPS) is 16.5. The molecule has 0 radical (unpaired) electrons. The average Bonchev–Trinajstić information content (AvgIpc) is 3.28. The number of amides is 2. The van der Waals surface area contributed by atoms with E-state index < -0.39 is 5.92 Å². The number of carbonyl (C=O) groups is 2. The summed E-state index contributed by atoms with van der Waals surface area (Å²) in [7, 11) is 0. The van der Waals surface area contributed by atoms with Crippen LogP contribution in [-0.4, -0.2) is 21.8 Å². The maximum absolute atomic E-state index is 12.5. The predicted octanol–water partition coefficient (Wildman–Crippen LogP) is 3.38. The maximum Gasteiger partial charge on any atom is 0.232 e. The van der Waals surface area contributed by atoms with Crippen molar-refractivity contribution in [2.45, 2.75) is 25.3 Å². The molecule has 0 aliphatic carbocycles. The molecule has 1 aliphatic heterocycles. The summed E-state index contributed by atoms with van der Waals surface area (Å²) in [6.45, 7) is 1.87. The number of imidazole rings is 1. The highest BCUT2D eigenvalue weighted by atomic mass is 16.2. The average molecular weight is 360 g/mol. The lowest BCUT2D eigenvalue weighted by Crippen LogP contribution is -2.30. The quantitative estimate of drug-likeness (QED) is 0.652. The van der Waals surface area contributed by atoms with Crippen LogP contribution in [0.25, 0.3) is 11.3 Å². The Morgan fingerprint density at radius 2 is 1.89 bits per heavy atom. The highest BCUT2D eigenvalue weighted by Gasteiger charge is 2.32. The predicted molar refractivity (Wildman–Crippen MR) is 103 cm³/mol. The molecule has 3 N–H and O–H groups in total. The van der Waals surface area contributed by atoms with Gasteiger partial charge in [0.05, 0.1) is 23.9 Å². The second-order valence-corrected chi connectivity index (χ2v) is 6.67. The summed E-state index contributed by atoms with van der Waals surface area (Å²) in [6.07, 6.45) is 1.87. The molecule has 2 aromatic carbocycles. The molecule has 1 aliphatic rings. The number of carbonyl (C=O) groups excluding carboxylic acids is 2. The third-order valence-corrected chi connectivity index (χ3v) is 4.77. The van der Waals surface area contributed by atoms with E-state index in [0.29, 0.717) is 5.82 Å². The number of nitrogens with zero attached hydrogens (tertiary/aromatic N) is 1. The molecule has 0 spiro atoms. The van der Waals surface area contributed by atoms with Gasteiger partial charge >= 0.3 is 0 Å². The number of para-hydroxylation sites is 1. The lowest BCUT2D eigenvalue weighted by molar-refractivity contribution is -0.125. The van der Waals surface area contributed by atoms with Gasteiger partial charge in [-0.3, -0.25) is 9.59 Å². The second-order valence-electron chi connectivity index (χ2n) is 6.67. The van der Waals surface area contributed by atoms with E-state index in [1.807, 2.05) is 61.5 Å². The molecule has 0 unspecified atom stereocenters. The van der Waals surface area contributed by atoms with Gasteiger partial charge < -0.3 is 15.6 Å². The van der Waals surface area contributed by atoms with Crippen LogP contribution in [0.5, 0.6) is 0 Å². The molecule has 0 saturated heterocycles. The fourth-order valence-electron chi connectivity index (χ4n) is 3.35. The molecule has 0 bridgehead atoms. The van der Waals surface area contributed by atoms with Gasteiger partial charge in [0.15, 0.2) is 0 Å². The van der Waals surface area contributed by atoms with Gasteiger partial charge in [-0.25, -0.2) is 4.98 Å². The van der Waals surface area contributed by atoms with E-state index in [9.17, 15) is 9.59 Å². The van der Waals surface area contributed by atoms with Crippen LogP contribution in [0.3, 0.4) is 0 Å². The van der Waals surface area contributed by atoms with Crippen molar-refractivity contribution < 1.29 is 9.59 Å². The standard InChI is InChI=1S/C21H20N4O2/c1-13(20-22-12-18(24-20)14-7-3-2-4-8-14)23-19(26)11-16-15-9-5-6-10-17(15)25-21(16)27/h2-10,12-13,16H,11H2,1H3,(H,22,24)(H,23,26)(H,25,27)/t13-,16-/m0/s1. The zero-order valence-corrected chi connectivity index (χ0v) is 14.9. The summed E-state index contributed by atoms with van der Waals surface area (Å²) in [6, 6.07) is 17.1. The number of benzene rings is 2. The Balaban J connectivity index is 1.42. The summed E-state index contributed by atoms with van der Waals surface area (Å²) in [5.41, 5.74) is 3.59. The van der Waals surface area contributed by atoms with Gasteiger partial charge in [0.2, 0.25) is 11.8 Å². The van der Waals surface area contributed by atoms with Crippen LogP contribution in [-0.2, 0) is 9.59 Å². The first-order valence-electron chi connectivity index (χ1n) is 8.91. The van der Waals surface area contributed by atoms with Crippen LogP contribution in [0.15, 0.2) is 60.8 Å². The van der Waals surface area contributed by atoms with E-state index in [0.717, 1.165) is 22.5 Å². The summed E-state index contributed by atoms with van der Waals surface area (Å²) >= 11 is 0. The van der Waals surface area contributed by atoms with Gasteiger partial charge in [0, 0.05) is 12.1 Å². The lowest BCUT2D eigenvalue weighted by Gasteiger charge is -2.14. The van der Waals surface area contributed by atoms with Crippen molar-refractivity contribution in [1.29, 1.82) is 0 Å². The minimum atomic E-state index is -0.454. The van der Waals surface area contributed by atoms with E-state index in [4.69, 9.17) is 0 Å². The molecule has 136 valence electrons. The largest absolute Gasteiger partial charge is 0.346 e. The first kappa shape index (κ1) is 17.0. The number of rotatable bonds is 5. The number of anilines is 1. The van der Waals surface area contributed by atoms with Gasteiger partial charge in [0.1, 0.15) is 5.82 Å². The fourth-order valence-corrected chi connectivity index (χ4v) is 3.35. The van der Waals surface area contributed by atoms with E-state index in [2.05, 4.69) is 20.6 Å². The van der Waals surface area contributed by atoms with Gasteiger partial charge in [-0.1, -0.05) is 48.5 Å². The van der Waals surface area contributed by atoms with Crippen LogP contribution in [0.1, 0.15) is 36.7 Å². The number of aromatic amines is 1. The monoisotopic (exact) mass is 360 g/mol. The molecule has 0 saturated carbocycles. The molecular weight excluding hydrogens is 340 g/mol. The maximum atomic E-state index is 12.5. The van der Waals surface area contributed by atoms with Gasteiger partial charge in [-0.2, -0.15) is 0 Å². The first-order chi connectivity index (χ1) is 13.1. The van der Waals surface area contributed by atoms with Crippen molar-refractivity contribution in [2.75, 3.05) is 5.32 Å². The SMILES string of the molecule is C[C@H](NC(=O)C[C@@H]1C(=O)Nc2ccccc21)c1ncc(-c2ccccc2)[nH]1. The Morgan fingerprint density at radius 1 is 1.15 bits per heavy atom. The Morgan fingerprint density at radius 3 is 2.70 bits per heavy atom. The highest BCUT2D eigenvalue weighted by molar-refractivity contribution is 6.04. The Hall–Kier alpha value is -3.41. The van der Waals surface area contributed by atoms with Crippen molar-refractivity contribution in [2.24, 2.45) is 0 Å². The topological polar surface area (TPSA) is 86.9 Å². The number of hydrogen-bond donors (Lipinski definition) is 3. The smallest absolute Gasteiger partial charge is 0.232 e. The molecule has 4 rings (SSSR count). The van der Waals surface area contributed by atoms with Crippen LogP contribution in [0, 0.1) is 0 Å². The van der Waals surface area contributed by atoms with E-state index >= 15 is 0 Å². The van der Waals surface area contributed by atoms with E-state index in [-0.39, 0.29) is 24.3 Å². The Labute approximate surface area is 157 Å². The van der Waals surface area contributed by atoms with Crippen LogP contribution in [0.2, 0.25) is 0 Å². The van der Waals surface area contributed by atoms with Gasteiger partial charge in [-0.05, 0) is 24.1 Å².